The summed E-state index contributed by atoms with van der Waals surface area (Å²) in [6.07, 6.45) is 9.05. The van der Waals surface area contributed by atoms with E-state index in [2.05, 4.69) is 15.6 Å². The maximum absolute atomic E-state index is 12.1. The second-order valence-corrected chi connectivity index (χ2v) is 5.99. The summed E-state index contributed by atoms with van der Waals surface area (Å²) in [5.74, 6) is 0.0693. The standard InChI is InChI=1S/C18H23N3O/c22-17(21-15-9-3-1-2-4-10-15)13-20-16-11-5-7-14-8-6-12-19-18(14)16/h5-8,11-12,15,20H,1-4,9-10,13H2,(H,21,22). The molecule has 0 atom stereocenters. The smallest absolute Gasteiger partial charge is 0.239 e. The molecule has 0 unspecified atom stereocenters. The van der Waals surface area contributed by atoms with Gasteiger partial charge in [-0.25, -0.2) is 0 Å². The molecule has 0 aliphatic heterocycles. The lowest BCUT2D eigenvalue weighted by molar-refractivity contribution is -0.120. The topological polar surface area (TPSA) is 54.0 Å². The molecule has 4 heteroatoms. The highest BCUT2D eigenvalue weighted by molar-refractivity contribution is 5.92. The fraction of sp³-hybridized carbons (Fsp3) is 0.444. The zero-order chi connectivity index (χ0) is 15.2. The molecule has 1 aromatic heterocycles. The summed E-state index contributed by atoms with van der Waals surface area (Å²) in [5, 5.41) is 7.45. The second-order valence-electron chi connectivity index (χ2n) is 5.99. The molecule has 1 aliphatic rings. The van der Waals surface area contributed by atoms with E-state index in [0.29, 0.717) is 12.6 Å². The Morgan fingerprint density at radius 2 is 1.86 bits per heavy atom. The Balaban J connectivity index is 1.58. The van der Waals surface area contributed by atoms with Crippen molar-refractivity contribution < 1.29 is 4.79 Å². The Morgan fingerprint density at radius 3 is 2.68 bits per heavy atom. The van der Waals surface area contributed by atoms with Gasteiger partial charge < -0.3 is 10.6 Å². The highest BCUT2D eigenvalue weighted by atomic mass is 16.1. The summed E-state index contributed by atoms with van der Waals surface area (Å²) in [5.41, 5.74) is 1.82. The molecular formula is C18H23N3O. The molecule has 1 heterocycles. The minimum absolute atomic E-state index is 0.0693. The Bertz CT molecular complexity index is 628. The van der Waals surface area contributed by atoms with Gasteiger partial charge in [0.1, 0.15) is 0 Å². The molecule has 22 heavy (non-hydrogen) atoms. The first kappa shape index (κ1) is 14.8. The number of amides is 1. The average molecular weight is 297 g/mol. The lowest BCUT2D eigenvalue weighted by Gasteiger charge is -2.17. The normalized spacial score (nSPS) is 16.2. The van der Waals surface area contributed by atoms with Gasteiger partial charge in [-0.1, -0.05) is 43.9 Å². The van der Waals surface area contributed by atoms with Crippen LogP contribution in [0.1, 0.15) is 38.5 Å². The number of nitrogens with one attached hydrogen (secondary N) is 2. The first-order valence-electron chi connectivity index (χ1n) is 8.20. The molecule has 1 fully saturated rings. The number of hydrogen-bond donors (Lipinski definition) is 2. The van der Waals surface area contributed by atoms with Crippen LogP contribution in [0.15, 0.2) is 36.5 Å². The van der Waals surface area contributed by atoms with Crippen LogP contribution in [-0.2, 0) is 4.79 Å². The van der Waals surface area contributed by atoms with Crippen LogP contribution in [0.5, 0.6) is 0 Å². The molecule has 0 bridgehead atoms. The fourth-order valence-corrected chi connectivity index (χ4v) is 3.12. The van der Waals surface area contributed by atoms with Crippen LogP contribution in [0.4, 0.5) is 5.69 Å². The van der Waals surface area contributed by atoms with Gasteiger partial charge in [0.05, 0.1) is 17.7 Å². The van der Waals surface area contributed by atoms with Gasteiger partial charge in [-0.3, -0.25) is 9.78 Å². The van der Waals surface area contributed by atoms with E-state index in [1.807, 2.05) is 30.3 Å². The van der Waals surface area contributed by atoms with Gasteiger partial charge in [0.25, 0.3) is 0 Å². The van der Waals surface area contributed by atoms with Crippen LogP contribution in [0, 0.1) is 0 Å². The molecule has 3 rings (SSSR count). The van der Waals surface area contributed by atoms with Crippen molar-refractivity contribution in [2.24, 2.45) is 0 Å². The largest absolute Gasteiger partial charge is 0.374 e. The maximum atomic E-state index is 12.1. The first-order chi connectivity index (χ1) is 10.8. The number of hydrogen-bond acceptors (Lipinski definition) is 3. The van der Waals surface area contributed by atoms with Gasteiger partial charge in [-0.15, -0.1) is 0 Å². The van der Waals surface area contributed by atoms with Crippen LogP contribution in [0.3, 0.4) is 0 Å². The number of para-hydroxylation sites is 1. The quantitative estimate of drug-likeness (QED) is 0.849. The zero-order valence-corrected chi connectivity index (χ0v) is 12.8. The van der Waals surface area contributed by atoms with Gasteiger partial charge in [0.2, 0.25) is 5.91 Å². The summed E-state index contributed by atoms with van der Waals surface area (Å²) < 4.78 is 0. The molecule has 2 aromatic rings. The third-order valence-corrected chi connectivity index (χ3v) is 4.29. The monoisotopic (exact) mass is 297 g/mol. The Kier molecular flexibility index (Phi) is 4.88. The minimum atomic E-state index is 0.0693. The molecule has 1 amide bonds. The highest BCUT2D eigenvalue weighted by Gasteiger charge is 2.14. The van der Waals surface area contributed by atoms with Crippen molar-refractivity contribution in [3.05, 3.63) is 36.5 Å². The van der Waals surface area contributed by atoms with Crippen LogP contribution < -0.4 is 10.6 Å². The number of rotatable bonds is 4. The zero-order valence-electron chi connectivity index (χ0n) is 12.8. The van der Waals surface area contributed by atoms with Gasteiger partial charge in [0.15, 0.2) is 0 Å². The maximum Gasteiger partial charge on any atom is 0.239 e. The van der Waals surface area contributed by atoms with Crippen molar-refractivity contribution >= 4 is 22.5 Å². The predicted molar refractivity (Wildman–Crippen MR) is 89.9 cm³/mol. The number of fused-ring (bicyclic) bond motifs is 1. The van der Waals surface area contributed by atoms with Crippen molar-refractivity contribution in [3.8, 4) is 0 Å². The Hall–Kier alpha value is -2.10. The number of aromatic nitrogens is 1. The lowest BCUT2D eigenvalue weighted by Crippen LogP contribution is -2.38. The molecule has 116 valence electrons. The first-order valence-corrected chi connectivity index (χ1v) is 8.20. The summed E-state index contributed by atoms with van der Waals surface area (Å²) in [6.45, 7) is 0.298. The van der Waals surface area contributed by atoms with E-state index >= 15 is 0 Å². The van der Waals surface area contributed by atoms with E-state index in [0.717, 1.165) is 29.4 Å². The molecule has 0 saturated heterocycles. The number of carbonyl (C=O) groups excluding carboxylic acids is 1. The lowest BCUT2D eigenvalue weighted by atomic mass is 10.1. The molecule has 1 aliphatic carbocycles. The van der Waals surface area contributed by atoms with Crippen LogP contribution in [-0.4, -0.2) is 23.5 Å². The third-order valence-electron chi connectivity index (χ3n) is 4.29. The summed E-state index contributed by atoms with van der Waals surface area (Å²) >= 11 is 0. The molecule has 1 saturated carbocycles. The van der Waals surface area contributed by atoms with Crippen molar-refractivity contribution in [2.45, 2.75) is 44.6 Å². The van der Waals surface area contributed by atoms with Crippen molar-refractivity contribution in [1.82, 2.24) is 10.3 Å². The summed E-state index contributed by atoms with van der Waals surface area (Å²) in [7, 11) is 0. The average Bonchev–Trinajstić information content (AvgIpc) is 2.81. The van der Waals surface area contributed by atoms with E-state index in [1.54, 1.807) is 6.20 Å². The van der Waals surface area contributed by atoms with E-state index in [-0.39, 0.29) is 5.91 Å². The van der Waals surface area contributed by atoms with Gasteiger partial charge in [0, 0.05) is 17.6 Å². The number of benzene rings is 1. The molecule has 4 nitrogen and oxygen atoms in total. The second kappa shape index (κ2) is 7.25. The number of pyridine rings is 1. The van der Waals surface area contributed by atoms with Crippen LogP contribution >= 0.6 is 0 Å². The van der Waals surface area contributed by atoms with Crippen molar-refractivity contribution in [3.63, 3.8) is 0 Å². The van der Waals surface area contributed by atoms with E-state index in [9.17, 15) is 4.79 Å². The van der Waals surface area contributed by atoms with Crippen LogP contribution in [0.25, 0.3) is 10.9 Å². The summed E-state index contributed by atoms with van der Waals surface area (Å²) in [6, 6.07) is 10.3. The van der Waals surface area contributed by atoms with E-state index in [4.69, 9.17) is 0 Å². The Labute approximate surface area is 131 Å². The molecule has 1 aromatic carbocycles. The van der Waals surface area contributed by atoms with Gasteiger partial charge >= 0.3 is 0 Å². The van der Waals surface area contributed by atoms with E-state index in [1.165, 1.54) is 25.7 Å². The number of anilines is 1. The SMILES string of the molecule is O=C(CNc1cccc2cccnc12)NC1CCCCCC1. The molecule has 0 spiro atoms. The van der Waals surface area contributed by atoms with Gasteiger partial charge in [-0.2, -0.15) is 0 Å². The molecular weight excluding hydrogens is 274 g/mol. The fourth-order valence-electron chi connectivity index (χ4n) is 3.12. The predicted octanol–water partition coefficient (Wildman–Crippen LogP) is 3.49. The Morgan fingerprint density at radius 1 is 1.09 bits per heavy atom. The number of carbonyl (C=O) groups is 1. The van der Waals surface area contributed by atoms with Gasteiger partial charge in [-0.05, 0) is 25.0 Å². The van der Waals surface area contributed by atoms with Crippen LogP contribution in [0.2, 0.25) is 0 Å². The molecule has 2 N–H and O–H groups in total. The highest BCUT2D eigenvalue weighted by Crippen LogP contribution is 2.20. The summed E-state index contributed by atoms with van der Waals surface area (Å²) in [4.78, 5) is 16.5. The number of nitrogens with zero attached hydrogens (tertiary/aromatic N) is 1. The van der Waals surface area contributed by atoms with E-state index < -0.39 is 0 Å². The molecule has 0 radical (unpaired) electrons. The van der Waals surface area contributed by atoms with Crippen molar-refractivity contribution in [2.75, 3.05) is 11.9 Å². The third kappa shape index (κ3) is 3.75. The minimum Gasteiger partial charge on any atom is -0.374 e. The van der Waals surface area contributed by atoms with Crippen molar-refractivity contribution in [1.29, 1.82) is 0 Å².